The van der Waals surface area contributed by atoms with Crippen LogP contribution >= 0.6 is 0 Å². The molecule has 0 aliphatic heterocycles. The van der Waals surface area contributed by atoms with Crippen molar-refractivity contribution >= 4 is 17.0 Å². The van der Waals surface area contributed by atoms with Crippen LogP contribution < -0.4 is 5.32 Å². The van der Waals surface area contributed by atoms with Crippen molar-refractivity contribution in [1.29, 1.82) is 0 Å². The first-order valence-electron chi connectivity index (χ1n) is 8.90. The fraction of sp³-hybridized carbons (Fsp3) is 0.136. The summed E-state index contributed by atoms with van der Waals surface area (Å²) in [5, 5.41) is 2.95. The number of benzene rings is 2. The number of hydrogen-bond donors (Lipinski definition) is 1. The number of aromatic nitrogens is 1. The highest BCUT2D eigenvalue weighted by atomic mass is 19.2. The zero-order valence-electron chi connectivity index (χ0n) is 15.2. The van der Waals surface area contributed by atoms with Crippen molar-refractivity contribution in [3.63, 3.8) is 0 Å². The van der Waals surface area contributed by atoms with E-state index in [2.05, 4.69) is 5.32 Å². The van der Waals surface area contributed by atoms with Crippen molar-refractivity contribution in [3.05, 3.63) is 95.4 Å². The van der Waals surface area contributed by atoms with Gasteiger partial charge in [-0.2, -0.15) is 0 Å². The van der Waals surface area contributed by atoms with Gasteiger partial charge in [-0.3, -0.25) is 4.79 Å². The summed E-state index contributed by atoms with van der Waals surface area (Å²) in [4.78, 5) is 12.9. The van der Waals surface area contributed by atoms with E-state index in [9.17, 15) is 13.6 Å². The lowest BCUT2D eigenvalue weighted by Crippen LogP contribution is -2.28. The van der Waals surface area contributed by atoms with E-state index in [1.807, 2.05) is 37.3 Å². The maximum absolute atomic E-state index is 14.2. The van der Waals surface area contributed by atoms with E-state index in [1.165, 1.54) is 18.4 Å². The fourth-order valence-corrected chi connectivity index (χ4v) is 3.27. The lowest BCUT2D eigenvalue weighted by Gasteiger charge is -2.16. The number of amides is 1. The highest BCUT2D eigenvalue weighted by Gasteiger charge is 2.21. The predicted molar refractivity (Wildman–Crippen MR) is 102 cm³/mol. The average Bonchev–Trinajstić information content (AvgIpc) is 3.28. The summed E-state index contributed by atoms with van der Waals surface area (Å²) in [5.74, 6) is -2.16. The quantitative estimate of drug-likeness (QED) is 0.527. The van der Waals surface area contributed by atoms with Gasteiger partial charge in [0.25, 0.3) is 5.91 Å². The first-order chi connectivity index (χ1) is 13.5. The van der Waals surface area contributed by atoms with Gasteiger partial charge in [0.15, 0.2) is 17.2 Å². The molecule has 0 aliphatic carbocycles. The minimum Gasteiger partial charge on any atom is -0.463 e. The van der Waals surface area contributed by atoms with Gasteiger partial charge in [-0.1, -0.05) is 42.5 Å². The van der Waals surface area contributed by atoms with E-state index in [-0.39, 0.29) is 24.1 Å². The molecule has 4 rings (SSSR count). The molecule has 0 saturated heterocycles. The number of halogens is 2. The Morgan fingerprint density at radius 3 is 2.68 bits per heavy atom. The second-order valence-corrected chi connectivity index (χ2v) is 6.60. The van der Waals surface area contributed by atoms with Crippen LogP contribution in [-0.2, 0) is 6.54 Å². The Morgan fingerprint density at radius 2 is 1.89 bits per heavy atom. The van der Waals surface area contributed by atoms with Crippen LogP contribution in [0.3, 0.4) is 0 Å². The van der Waals surface area contributed by atoms with Crippen LogP contribution in [0.15, 0.2) is 71.3 Å². The molecule has 0 aliphatic rings. The highest BCUT2D eigenvalue weighted by molar-refractivity contribution is 5.97. The molecule has 1 N–H and O–H groups in total. The molecule has 2 aromatic heterocycles. The monoisotopic (exact) mass is 380 g/mol. The molecule has 0 unspecified atom stereocenters. The third kappa shape index (κ3) is 3.29. The summed E-state index contributed by atoms with van der Waals surface area (Å²) >= 11 is 0. The largest absolute Gasteiger partial charge is 0.463 e. The van der Waals surface area contributed by atoms with Crippen LogP contribution in [0.2, 0.25) is 0 Å². The molecule has 0 spiro atoms. The summed E-state index contributed by atoms with van der Waals surface area (Å²) < 4.78 is 34.8. The molecule has 2 heterocycles. The van der Waals surface area contributed by atoms with E-state index in [0.717, 1.165) is 11.6 Å². The normalized spacial score (nSPS) is 12.2. The van der Waals surface area contributed by atoms with Crippen molar-refractivity contribution in [3.8, 4) is 0 Å². The van der Waals surface area contributed by atoms with Crippen LogP contribution in [0.4, 0.5) is 8.78 Å². The lowest BCUT2D eigenvalue weighted by molar-refractivity contribution is 0.0931. The highest BCUT2D eigenvalue weighted by Crippen LogP contribution is 2.24. The van der Waals surface area contributed by atoms with Crippen molar-refractivity contribution < 1.29 is 18.0 Å². The molecule has 2 aromatic carbocycles. The van der Waals surface area contributed by atoms with Gasteiger partial charge < -0.3 is 14.3 Å². The Hall–Kier alpha value is -3.41. The number of hydrogen-bond acceptors (Lipinski definition) is 2. The number of carbonyl (C=O) groups is 1. The van der Waals surface area contributed by atoms with E-state index in [1.54, 1.807) is 16.7 Å². The van der Waals surface area contributed by atoms with Crippen molar-refractivity contribution in [2.45, 2.75) is 19.5 Å². The molecule has 4 aromatic rings. The average molecular weight is 380 g/mol. The molecule has 0 radical (unpaired) electrons. The third-order valence-electron chi connectivity index (χ3n) is 4.76. The first-order valence-corrected chi connectivity index (χ1v) is 8.90. The first kappa shape index (κ1) is 18.0. The van der Waals surface area contributed by atoms with E-state index in [0.29, 0.717) is 16.8 Å². The molecule has 4 nitrogen and oxygen atoms in total. The number of carbonyl (C=O) groups excluding carboxylic acids is 1. The van der Waals surface area contributed by atoms with Gasteiger partial charge in [0.1, 0.15) is 5.69 Å². The Kier molecular flexibility index (Phi) is 4.69. The summed E-state index contributed by atoms with van der Waals surface area (Å²) in [6.45, 7) is 1.89. The van der Waals surface area contributed by atoms with Crippen LogP contribution in [0.1, 0.15) is 34.6 Å². The second kappa shape index (κ2) is 7.31. The zero-order valence-corrected chi connectivity index (χ0v) is 15.2. The standard InChI is InChI=1S/C22H18F2N2O2/c1-14(15-6-3-2-4-7-15)25-22(27)19-12-20-18(10-11-28-20)26(19)13-16-8-5-9-17(23)21(16)24/h2-12,14H,13H2,1H3,(H,25,27)/t14-/m0/s1. The molecular formula is C22H18F2N2O2. The Morgan fingerprint density at radius 1 is 1.11 bits per heavy atom. The van der Waals surface area contributed by atoms with Crippen molar-refractivity contribution in [1.82, 2.24) is 9.88 Å². The number of rotatable bonds is 5. The number of nitrogens with zero attached hydrogens (tertiary/aromatic N) is 1. The Labute approximate surface area is 160 Å². The van der Waals surface area contributed by atoms with Crippen molar-refractivity contribution in [2.24, 2.45) is 0 Å². The van der Waals surface area contributed by atoms with E-state index < -0.39 is 11.6 Å². The lowest BCUT2D eigenvalue weighted by atomic mass is 10.1. The van der Waals surface area contributed by atoms with Crippen molar-refractivity contribution in [2.75, 3.05) is 0 Å². The zero-order chi connectivity index (χ0) is 19.7. The predicted octanol–water partition coefficient (Wildman–Crippen LogP) is 5.05. The van der Waals surface area contributed by atoms with Crippen LogP contribution in [0.5, 0.6) is 0 Å². The minimum atomic E-state index is -0.920. The molecule has 0 saturated carbocycles. The molecule has 0 bridgehead atoms. The number of fused-ring (bicyclic) bond motifs is 1. The summed E-state index contributed by atoms with van der Waals surface area (Å²) in [6, 6.07) is 16.7. The molecule has 0 fully saturated rings. The molecule has 28 heavy (non-hydrogen) atoms. The van der Waals surface area contributed by atoms with Gasteiger partial charge in [0.05, 0.1) is 24.4 Å². The maximum Gasteiger partial charge on any atom is 0.268 e. The fourth-order valence-electron chi connectivity index (χ4n) is 3.27. The molecular weight excluding hydrogens is 362 g/mol. The smallest absolute Gasteiger partial charge is 0.268 e. The number of nitrogens with one attached hydrogen (secondary N) is 1. The summed E-state index contributed by atoms with van der Waals surface area (Å²) in [5.41, 5.74) is 2.59. The molecule has 1 amide bonds. The SMILES string of the molecule is C[C@H](NC(=O)c1cc2occc2n1Cc1cccc(F)c1F)c1ccccc1. The van der Waals surface area contributed by atoms with Gasteiger partial charge in [-0.25, -0.2) is 8.78 Å². The van der Waals surface area contributed by atoms with Crippen LogP contribution in [0, 0.1) is 11.6 Å². The van der Waals surface area contributed by atoms with Gasteiger partial charge in [0, 0.05) is 17.7 Å². The van der Waals surface area contributed by atoms with Gasteiger partial charge in [-0.05, 0) is 18.6 Å². The molecule has 6 heteroatoms. The molecule has 1 atom stereocenters. The van der Waals surface area contributed by atoms with Crippen LogP contribution in [-0.4, -0.2) is 10.5 Å². The maximum atomic E-state index is 14.2. The molecule has 142 valence electrons. The van der Waals surface area contributed by atoms with E-state index in [4.69, 9.17) is 4.42 Å². The summed E-state index contributed by atoms with van der Waals surface area (Å²) in [6.07, 6.45) is 1.50. The summed E-state index contributed by atoms with van der Waals surface area (Å²) in [7, 11) is 0. The third-order valence-corrected chi connectivity index (χ3v) is 4.76. The minimum absolute atomic E-state index is 0.00903. The Balaban J connectivity index is 1.67. The van der Waals surface area contributed by atoms with Gasteiger partial charge in [-0.15, -0.1) is 0 Å². The Bertz CT molecular complexity index is 1130. The van der Waals surface area contributed by atoms with E-state index >= 15 is 0 Å². The van der Waals surface area contributed by atoms with Crippen LogP contribution in [0.25, 0.3) is 11.1 Å². The van der Waals surface area contributed by atoms with Gasteiger partial charge in [0.2, 0.25) is 0 Å². The second-order valence-electron chi connectivity index (χ2n) is 6.60. The van der Waals surface area contributed by atoms with Gasteiger partial charge >= 0.3 is 0 Å². The number of furan rings is 1. The topological polar surface area (TPSA) is 47.2 Å².